The molecule has 1 aromatic heterocycles. The van der Waals surface area contributed by atoms with Gasteiger partial charge in [-0.15, -0.1) is 0 Å². The summed E-state index contributed by atoms with van der Waals surface area (Å²) >= 11 is 0. The predicted octanol–water partition coefficient (Wildman–Crippen LogP) is 3.01. The summed E-state index contributed by atoms with van der Waals surface area (Å²) in [6, 6.07) is 5.48. The lowest BCUT2D eigenvalue weighted by Crippen LogP contribution is -2.22. The molecule has 1 aromatic carbocycles. The molecule has 6 nitrogen and oxygen atoms in total. The fourth-order valence-corrected chi connectivity index (χ4v) is 3.46. The van der Waals surface area contributed by atoms with Gasteiger partial charge in [0.25, 0.3) is 10.1 Å². The van der Waals surface area contributed by atoms with Gasteiger partial charge in [-0.25, -0.2) is 9.07 Å². The fraction of sp³-hybridized carbons (Fsp3) is 0.562. The Hall–Kier alpha value is -1.29. The fourth-order valence-electron chi connectivity index (χ4n) is 2.32. The van der Waals surface area contributed by atoms with Gasteiger partial charge in [-0.3, -0.25) is 4.18 Å². The molecule has 0 bridgehead atoms. The molecule has 9 heteroatoms. The van der Waals surface area contributed by atoms with E-state index in [0.29, 0.717) is 17.7 Å². The average Bonchev–Trinajstić information content (AvgIpc) is 2.79. The molecule has 0 unspecified atom stereocenters. The van der Waals surface area contributed by atoms with Crippen molar-refractivity contribution in [2.24, 2.45) is 0 Å². The maximum atomic E-state index is 13.6. The van der Waals surface area contributed by atoms with Crippen LogP contribution in [0.15, 0.2) is 18.2 Å². The topological polar surface area (TPSA) is 70.4 Å². The Morgan fingerprint density at radius 2 is 1.96 bits per heavy atom. The zero-order valence-electron chi connectivity index (χ0n) is 15.1. The molecule has 0 saturated heterocycles. The number of hydrogen-bond acceptors (Lipinski definition) is 5. The third-order valence-corrected chi connectivity index (χ3v) is 5.93. The smallest absolute Gasteiger partial charge is 0.264 e. The first-order chi connectivity index (χ1) is 11.6. The van der Waals surface area contributed by atoms with Crippen LogP contribution in [-0.4, -0.2) is 45.7 Å². The van der Waals surface area contributed by atoms with Gasteiger partial charge in [-0.2, -0.15) is 13.5 Å². The second kappa shape index (κ2) is 7.94. The van der Waals surface area contributed by atoms with Gasteiger partial charge >= 0.3 is 0 Å². The Kier molecular flexibility index (Phi) is 6.36. The molecule has 2 aromatic rings. The zero-order chi connectivity index (χ0) is 18.7. The molecule has 25 heavy (non-hydrogen) atoms. The lowest BCUT2D eigenvalue weighted by atomic mass is 10.2. The number of hydrogen-bond donors (Lipinski definition) is 0. The van der Waals surface area contributed by atoms with Crippen molar-refractivity contribution in [3.8, 4) is 0 Å². The van der Waals surface area contributed by atoms with Crippen LogP contribution in [0, 0.1) is 5.82 Å². The first-order valence-electron chi connectivity index (χ1n) is 8.12. The van der Waals surface area contributed by atoms with Crippen molar-refractivity contribution >= 4 is 29.1 Å². The van der Waals surface area contributed by atoms with E-state index in [1.54, 1.807) is 10.7 Å². The lowest BCUT2D eigenvalue weighted by Gasteiger charge is -2.15. The monoisotopic (exact) mass is 388 g/mol. The first kappa shape index (κ1) is 20.0. The normalized spacial score (nSPS) is 12.8. The van der Waals surface area contributed by atoms with Gasteiger partial charge in [0.15, 0.2) is 0 Å². The Morgan fingerprint density at radius 3 is 2.60 bits per heavy atom. The Balaban J connectivity index is 2.11. The molecular formula is C16H25FN2O4SSi. The molecule has 0 aliphatic heterocycles. The second-order valence-corrected chi connectivity index (χ2v) is 14.5. The zero-order valence-corrected chi connectivity index (χ0v) is 16.9. The van der Waals surface area contributed by atoms with Crippen molar-refractivity contribution in [1.82, 2.24) is 9.78 Å². The molecule has 140 valence electrons. The SMILES string of the molecule is C[Si](C)(C)CCOCn1nc(CCOS(C)(=O)=O)c2cc(F)ccc21. The molecular weight excluding hydrogens is 363 g/mol. The van der Waals surface area contributed by atoms with E-state index in [4.69, 9.17) is 8.92 Å². The van der Waals surface area contributed by atoms with E-state index in [9.17, 15) is 12.8 Å². The van der Waals surface area contributed by atoms with Crippen molar-refractivity contribution < 1.29 is 21.7 Å². The van der Waals surface area contributed by atoms with E-state index in [-0.39, 0.29) is 25.6 Å². The van der Waals surface area contributed by atoms with E-state index >= 15 is 0 Å². The van der Waals surface area contributed by atoms with Gasteiger partial charge in [0.2, 0.25) is 0 Å². The number of fused-ring (bicyclic) bond motifs is 1. The molecule has 0 saturated carbocycles. The van der Waals surface area contributed by atoms with Crippen LogP contribution in [0.25, 0.3) is 10.9 Å². The summed E-state index contributed by atoms with van der Waals surface area (Å²) in [7, 11) is -4.67. The summed E-state index contributed by atoms with van der Waals surface area (Å²) in [5.74, 6) is -0.364. The molecule has 0 radical (unpaired) electrons. The maximum absolute atomic E-state index is 13.6. The van der Waals surface area contributed by atoms with Crippen LogP contribution in [0.4, 0.5) is 4.39 Å². The van der Waals surface area contributed by atoms with Crippen molar-refractivity contribution in [2.75, 3.05) is 19.5 Å². The first-order valence-corrected chi connectivity index (χ1v) is 13.6. The second-order valence-electron chi connectivity index (χ2n) is 7.23. The van der Waals surface area contributed by atoms with Gasteiger partial charge < -0.3 is 4.74 Å². The molecule has 1 heterocycles. The number of ether oxygens (including phenoxy) is 1. The lowest BCUT2D eigenvalue weighted by molar-refractivity contribution is 0.0813. The van der Waals surface area contributed by atoms with Gasteiger partial charge in [0.1, 0.15) is 12.5 Å². The molecule has 0 spiro atoms. The Labute approximate surface area is 149 Å². The van der Waals surface area contributed by atoms with E-state index in [1.807, 2.05) is 0 Å². The van der Waals surface area contributed by atoms with E-state index in [2.05, 4.69) is 24.7 Å². The van der Waals surface area contributed by atoms with Crippen LogP contribution < -0.4 is 0 Å². The van der Waals surface area contributed by atoms with E-state index in [1.165, 1.54) is 12.1 Å². The summed E-state index contributed by atoms with van der Waals surface area (Å²) < 4.78 is 47.9. The summed E-state index contributed by atoms with van der Waals surface area (Å²) in [5.41, 5.74) is 1.34. The van der Waals surface area contributed by atoms with Crippen molar-refractivity contribution in [1.29, 1.82) is 0 Å². The minimum absolute atomic E-state index is 0.0298. The number of benzene rings is 1. The summed E-state index contributed by atoms with van der Waals surface area (Å²) in [6.07, 6.45) is 1.27. The van der Waals surface area contributed by atoms with Gasteiger partial charge in [-0.1, -0.05) is 19.6 Å². The highest BCUT2D eigenvalue weighted by molar-refractivity contribution is 7.85. The third-order valence-electron chi connectivity index (χ3n) is 3.64. The Morgan fingerprint density at radius 1 is 1.24 bits per heavy atom. The molecule has 2 rings (SSSR count). The highest BCUT2D eigenvalue weighted by atomic mass is 32.2. The molecule has 0 atom stereocenters. The molecule has 0 N–H and O–H groups in total. The van der Waals surface area contributed by atoms with Crippen LogP contribution in [0.1, 0.15) is 5.69 Å². The largest absolute Gasteiger partial charge is 0.360 e. The molecule has 0 aliphatic rings. The number of rotatable bonds is 9. The summed E-state index contributed by atoms with van der Waals surface area (Å²) in [6.45, 7) is 7.75. The van der Waals surface area contributed by atoms with Crippen molar-refractivity contribution in [3.63, 3.8) is 0 Å². The number of aromatic nitrogens is 2. The number of nitrogens with zero attached hydrogens (tertiary/aromatic N) is 2. The van der Waals surface area contributed by atoms with E-state index in [0.717, 1.165) is 17.8 Å². The van der Waals surface area contributed by atoms with Crippen molar-refractivity contribution in [2.45, 2.75) is 38.8 Å². The minimum Gasteiger partial charge on any atom is -0.360 e. The standard InChI is InChI=1S/C16H25FN2O4SSi/c1-24(20,21)23-8-7-15-14-11-13(17)5-6-16(14)19(18-15)12-22-9-10-25(2,3)4/h5-6,11H,7-10,12H2,1-4H3. The highest BCUT2D eigenvalue weighted by Crippen LogP contribution is 2.21. The molecule has 0 fully saturated rings. The number of halogens is 1. The maximum Gasteiger partial charge on any atom is 0.264 e. The predicted molar refractivity (Wildman–Crippen MR) is 98.3 cm³/mol. The molecule has 0 aliphatic carbocycles. The summed E-state index contributed by atoms with van der Waals surface area (Å²) in [4.78, 5) is 0. The van der Waals surface area contributed by atoms with Crippen molar-refractivity contribution in [3.05, 3.63) is 29.7 Å². The minimum atomic E-state index is -3.51. The van der Waals surface area contributed by atoms with Gasteiger partial charge in [0, 0.05) is 26.5 Å². The molecule has 0 amide bonds. The van der Waals surface area contributed by atoms with Crippen LogP contribution in [0.2, 0.25) is 25.7 Å². The van der Waals surface area contributed by atoms with Gasteiger partial charge in [-0.05, 0) is 24.2 Å². The third kappa shape index (κ3) is 6.50. The van der Waals surface area contributed by atoms with E-state index < -0.39 is 18.2 Å². The van der Waals surface area contributed by atoms with Crippen LogP contribution in [0.3, 0.4) is 0 Å². The van der Waals surface area contributed by atoms with Gasteiger partial charge in [0.05, 0.1) is 24.1 Å². The van der Waals surface area contributed by atoms with Crippen LogP contribution in [0.5, 0.6) is 0 Å². The summed E-state index contributed by atoms with van der Waals surface area (Å²) in [5, 5.41) is 5.09. The average molecular weight is 389 g/mol. The van der Waals surface area contributed by atoms with Crippen LogP contribution >= 0.6 is 0 Å². The van der Waals surface area contributed by atoms with Crippen LogP contribution in [-0.2, 0) is 32.2 Å². The Bertz CT molecular complexity index is 831. The highest BCUT2D eigenvalue weighted by Gasteiger charge is 2.14. The quantitative estimate of drug-likeness (QED) is 0.375.